The highest BCUT2D eigenvalue weighted by atomic mass is 35.5. The van der Waals surface area contributed by atoms with Crippen LogP contribution in [0.1, 0.15) is 10.4 Å². The first-order valence-corrected chi connectivity index (χ1v) is 8.14. The van der Waals surface area contributed by atoms with Crippen molar-refractivity contribution in [2.45, 2.75) is 25.1 Å². The molecule has 0 amide bonds. The van der Waals surface area contributed by atoms with Gasteiger partial charge in [0, 0.05) is 24.0 Å². The van der Waals surface area contributed by atoms with Crippen LogP contribution in [-0.4, -0.2) is 35.7 Å². The first-order valence-electron chi connectivity index (χ1n) is 6.95. The molecule has 21 heavy (non-hydrogen) atoms. The van der Waals surface area contributed by atoms with E-state index in [1.54, 1.807) is 11.3 Å². The zero-order chi connectivity index (χ0) is 15.2. The Morgan fingerprint density at radius 3 is 2.57 bits per heavy atom. The first kappa shape index (κ1) is 16.5. The molecule has 114 valence electrons. The third-order valence-corrected chi connectivity index (χ3v) is 4.58. The Morgan fingerprint density at radius 1 is 1.24 bits per heavy atom. The molecule has 2 aromatic rings. The van der Waals surface area contributed by atoms with Gasteiger partial charge in [0.1, 0.15) is 0 Å². The number of likely N-dealkylation sites (N-methyl/N-ethyl adjacent to an activating group) is 1. The fourth-order valence-electron chi connectivity index (χ4n) is 2.24. The molecule has 2 unspecified atom stereocenters. The Balaban J connectivity index is 1.81. The van der Waals surface area contributed by atoms with Crippen LogP contribution in [0, 0.1) is 0 Å². The molecule has 2 rings (SSSR count). The highest BCUT2D eigenvalue weighted by Crippen LogP contribution is 2.22. The third kappa shape index (κ3) is 5.41. The van der Waals surface area contributed by atoms with Crippen LogP contribution in [0.15, 0.2) is 42.5 Å². The standard InChI is InChI=1S/C16H21ClN2OS/c1-19(10-13-7-8-16(17)21-13)11-15(20)14(18)9-12-5-3-2-4-6-12/h2-8,14-15,20H,9-11,18H2,1H3. The number of nitrogens with two attached hydrogens (primary N) is 1. The summed E-state index contributed by atoms with van der Waals surface area (Å²) in [5.74, 6) is 0. The summed E-state index contributed by atoms with van der Waals surface area (Å²) in [4.78, 5) is 3.25. The number of hydrogen-bond acceptors (Lipinski definition) is 4. The van der Waals surface area contributed by atoms with Gasteiger partial charge < -0.3 is 10.8 Å². The average molecular weight is 325 g/mol. The Bertz CT molecular complexity index is 546. The van der Waals surface area contributed by atoms with Gasteiger partial charge in [0.25, 0.3) is 0 Å². The van der Waals surface area contributed by atoms with Crippen LogP contribution in [0.3, 0.4) is 0 Å². The second-order valence-electron chi connectivity index (χ2n) is 5.32. The van der Waals surface area contributed by atoms with Crippen LogP contribution in [0.25, 0.3) is 0 Å². The van der Waals surface area contributed by atoms with Crippen LogP contribution >= 0.6 is 22.9 Å². The summed E-state index contributed by atoms with van der Waals surface area (Å²) in [7, 11) is 1.98. The average Bonchev–Trinajstić information content (AvgIpc) is 2.84. The van der Waals surface area contributed by atoms with Crippen molar-refractivity contribution in [3.05, 3.63) is 57.2 Å². The molecule has 0 saturated heterocycles. The van der Waals surface area contributed by atoms with Gasteiger partial charge in [0.05, 0.1) is 10.4 Å². The monoisotopic (exact) mass is 324 g/mol. The summed E-state index contributed by atoms with van der Waals surface area (Å²) in [5.41, 5.74) is 7.25. The molecule has 1 heterocycles. The Hall–Kier alpha value is -0.910. The smallest absolute Gasteiger partial charge is 0.0931 e. The minimum absolute atomic E-state index is 0.262. The number of hydrogen-bond donors (Lipinski definition) is 2. The van der Waals surface area contributed by atoms with Crippen LogP contribution in [0.5, 0.6) is 0 Å². The Morgan fingerprint density at radius 2 is 1.95 bits per heavy atom. The van der Waals surface area contributed by atoms with Gasteiger partial charge in [-0.3, -0.25) is 4.90 Å². The fraction of sp³-hybridized carbons (Fsp3) is 0.375. The van der Waals surface area contributed by atoms with Crippen molar-refractivity contribution < 1.29 is 5.11 Å². The van der Waals surface area contributed by atoms with E-state index in [0.717, 1.165) is 16.4 Å². The summed E-state index contributed by atoms with van der Waals surface area (Å²) in [6.07, 6.45) is 0.131. The van der Waals surface area contributed by atoms with Crippen molar-refractivity contribution in [2.24, 2.45) is 5.73 Å². The van der Waals surface area contributed by atoms with E-state index in [9.17, 15) is 5.11 Å². The van der Waals surface area contributed by atoms with Gasteiger partial charge in [-0.25, -0.2) is 0 Å². The van der Waals surface area contributed by atoms with Gasteiger partial charge >= 0.3 is 0 Å². The van der Waals surface area contributed by atoms with Crippen LogP contribution in [-0.2, 0) is 13.0 Å². The number of aliphatic hydroxyl groups excluding tert-OH is 1. The predicted molar refractivity (Wildman–Crippen MR) is 89.8 cm³/mol. The quantitative estimate of drug-likeness (QED) is 0.823. The molecule has 0 radical (unpaired) electrons. The van der Waals surface area contributed by atoms with E-state index < -0.39 is 6.10 Å². The molecule has 5 heteroatoms. The summed E-state index contributed by atoms with van der Waals surface area (Å²) in [6, 6.07) is 13.7. The van der Waals surface area contributed by atoms with Crippen LogP contribution < -0.4 is 5.73 Å². The first-order chi connectivity index (χ1) is 10.0. The molecule has 0 aliphatic heterocycles. The van der Waals surface area contributed by atoms with E-state index in [4.69, 9.17) is 17.3 Å². The third-order valence-electron chi connectivity index (χ3n) is 3.36. The molecule has 3 N–H and O–H groups in total. The largest absolute Gasteiger partial charge is 0.390 e. The van der Waals surface area contributed by atoms with E-state index in [1.807, 2.05) is 49.5 Å². The fourth-order valence-corrected chi connectivity index (χ4v) is 3.41. The van der Waals surface area contributed by atoms with Crippen molar-refractivity contribution in [3.8, 4) is 0 Å². The minimum atomic E-state index is -0.550. The van der Waals surface area contributed by atoms with E-state index in [2.05, 4.69) is 4.90 Å². The zero-order valence-electron chi connectivity index (χ0n) is 12.1. The Kier molecular flexibility index (Phi) is 6.21. The molecule has 0 fully saturated rings. The Labute approximate surface area is 135 Å². The molecule has 0 aliphatic carbocycles. The van der Waals surface area contributed by atoms with E-state index in [0.29, 0.717) is 13.0 Å². The number of thiophene rings is 1. The van der Waals surface area contributed by atoms with Crippen molar-refractivity contribution in [1.82, 2.24) is 4.90 Å². The maximum atomic E-state index is 10.2. The van der Waals surface area contributed by atoms with Gasteiger partial charge in [0.2, 0.25) is 0 Å². The summed E-state index contributed by atoms with van der Waals surface area (Å²) in [6.45, 7) is 1.32. The maximum Gasteiger partial charge on any atom is 0.0931 e. The van der Waals surface area contributed by atoms with E-state index >= 15 is 0 Å². The molecular weight excluding hydrogens is 304 g/mol. The second-order valence-corrected chi connectivity index (χ2v) is 7.12. The lowest BCUT2D eigenvalue weighted by Crippen LogP contribution is -2.43. The molecule has 1 aromatic heterocycles. The summed E-state index contributed by atoms with van der Waals surface area (Å²) in [5, 5.41) is 10.2. The molecule has 3 nitrogen and oxygen atoms in total. The van der Waals surface area contributed by atoms with E-state index in [1.165, 1.54) is 4.88 Å². The molecular formula is C16H21ClN2OS. The normalized spacial score (nSPS) is 14.3. The van der Waals surface area contributed by atoms with Crippen molar-refractivity contribution in [3.63, 3.8) is 0 Å². The molecule has 0 spiro atoms. The second kappa shape index (κ2) is 7.92. The topological polar surface area (TPSA) is 49.5 Å². The van der Waals surface area contributed by atoms with Crippen molar-refractivity contribution in [2.75, 3.05) is 13.6 Å². The van der Waals surface area contributed by atoms with E-state index in [-0.39, 0.29) is 6.04 Å². The highest BCUT2D eigenvalue weighted by molar-refractivity contribution is 7.16. The number of rotatable bonds is 7. The maximum absolute atomic E-state index is 10.2. The van der Waals surface area contributed by atoms with Crippen molar-refractivity contribution in [1.29, 1.82) is 0 Å². The molecule has 0 saturated carbocycles. The summed E-state index contributed by atoms with van der Waals surface area (Å²) < 4.78 is 0.791. The van der Waals surface area contributed by atoms with Gasteiger partial charge in [-0.2, -0.15) is 0 Å². The van der Waals surface area contributed by atoms with Crippen LogP contribution in [0.4, 0.5) is 0 Å². The number of halogens is 1. The van der Waals surface area contributed by atoms with Crippen LogP contribution in [0.2, 0.25) is 4.34 Å². The van der Waals surface area contributed by atoms with Gasteiger partial charge in [-0.05, 0) is 31.2 Å². The van der Waals surface area contributed by atoms with Gasteiger partial charge in [-0.15, -0.1) is 11.3 Å². The lowest BCUT2D eigenvalue weighted by molar-refractivity contribution is 0.0996. The van der Waals surface area contributed by atoms with Gasteiger partial charge in [0.15, 0.2) is 0 Å². The SMILES string of the molecule is CN(Cc1ccc(Cl)s1)CC(O)C(N)Cc1ccccc1. The van der Waals surface area contributed by atoms with Gasteiger partial charge in [-0.1, -0.05) is 41.9 Å². The zero-order valence-corrected chi connectivity index (χ0v) is 13.6. The lowest BCUT2D eigenvalue weighted by Gasteiger charge is -2.24. The highest BCUT2D eigenvalue weighted by Gasteiger charge is 2.17. The lowest BCUT2D eigenvalue weighted by atomic mass is 10.0. The summed E-state index contributed by atoms with van der Waals surface area (Å²) >= 11 is 7.49. The van der Waals surface area contributed by atoms with Crippen molar-refractivity contribution >= 4 is 22.9 Å². The number of benzene rings is 1. The number of nitrogens with zero attached hydrogens (tertiary/aromatic N) is 1. The molecule has 1 aromatic carbocycles. The molecule has 2 atom stereocenters. The molecule has 0 bridgehead atoms. The minimum Gasteiger partial charge on any atom is -0.390 e. The predicted octanol–water partition coefficient (Wildman–Crippen LogP) is 2.76. The molecule has 0 aliphatic rings. The number of aliphatic hydroxyl groups is 1.